The third-order valence-electron chi connectivity index (χ3n) is 5.99. The van der Waals surface area contributed by atoms with Gasteiger partial charge in [0.1, 0.15) is 12.4 Å². The lowest BCUT2D eigenvalue weighted by atomic mass is 9.53. The summed E-state index contributed by atoms with van der Waals surface area (Å²) in [5.41, 5.74) is 3.58. The highest BCUT2D eigenvalue weighted by Gasteiger charge is 2.51. The summed E-state index contributed by atoms with van der Waals surface area (Å²) in [7, 11) is 0. The summed E-state index contributed by atoms with van der Waals surface area (Å²) in [6.07, 6.45) is 9.88. The molecule has 0 radical (unpaired) electrons. The van der Waals surface area contributed by atoms with E-state index >= 15 is 0 Å². The van der Waals surface area contributed by atoms with Gasteiger partial charge in [0.25, 0.3) is 0 Å². The van der Waals surface area contributed by atoms with Crippen LogP contribution in [0.4, 0.5) is 0 Å². The van der Waals surface area contributed by atoms with Gasteiger partial charge in [-0.05, 0) is 61.4 Å². The summed E-state index contributed by atoms with van der Waals surface area (Å²) in [5, 5.41) is 3.79. The molecule has 1 saturated heterocycles. The number of piperidine rings is 1. The zero-order valence-electron chi connectivity index (χ0n) is 12.7. The Morgan fingerprint density at radius 2 is 2.29 bits per heavy atom. The molecular formula is C19H25NO. The van der Waals surface area contributed by atoms with Crippen molar-refractivity contribution in [2.75, 3.05) is 13.2 Å². The average Bonchev–Trinajstić information content (AvgIpc) is 2.53. The average molecular weight is 283 g/mol. The van der Waals surface area contributed by atoms with Crippen molar-refractivity contribution < 1.29 is 4.74 Å². The van der Waals surface area contributed by atoms with Crippen LogP contribution < -0.4 is 10.1 Å². The maximum absolute atomic E-state index is 5.80. The Morgan fingerprint density at radius 3 is 3.19 bits per heavy atom. The highest BCUT2D eigenvalue weighted by atomic mass is 16.5. The van der Waals surface area contributed by atoms with Gasteiger partial charge < -0.3 is 10.1 Å². The molecule has 1 aromatic carbocycles. The molecule has 1 N–H and O–H groups in total. The first-order chi connectivity index (χ1) is 10.3. The highest BCUT2D eigenvalue weighted by molar-refractivity contribution is 5.45. The van der Waals surface area contributed by atoms with E-state index in [0.29, 0.717) is 18.1 Å². The number of fused-ring (bicyclic) bond motifs is 1. The van der Waals surface area contributed by atoms with Crippen LogP contribution >= 0.6 is 0 Å². The van der Waals surface area contributed by atoms with E-state index in [1.165, 1.54) is 45.1 Å². The Bertz CT molecular complexity index is 548. The van der Waals surface area contributed by atoms with Crippen molar-refractivity contribution in [2.24, 2.45) is 5.92 Å². The summed E-state index contributed by atoms with van der Waals surface area (Å²) in [6.45, 7) is 5.52. The molecule has 3 atom stereocenters. The van der Waals surface area contributed by atoms with Gasteiger partial charge in [-0.15, -0.1) is 0 Å². The molecule has 4 rings (SSSR count). The fourth-order valence-electron chi connectivity index (χ4n) is 5.15. The van der Waals surface area contributed by atoms with Gasteiger partial charge >= 0.3 is 0 Å². The largest absolute Gasteiger partial charge is 0.490 e. The second-order valence-electron chi connectivity index (χ2n) is 6.94. The van der Waals surface area contributed by atoms with Crippen LogP contribution in [-0.2, 0) is 11.8 Å². The van der Waals surface area contributed by atoms with Crippen LogP contribution in [0.2, 0.25) is 0 Å². The first kappa shape index (κ1) is 13.4. The molecule has 21 heavy (non-hydrogen) atoms. The first-order valence-electron chi connectivity index (χ1n) is 8.44. The molecule has 0 amide bonds. The summed E-state index contributed by atoms with van der Waals surface area (Å²) in [6, 6.07) is 7.49. The molecule has 0 spiro atoms. The number of nitrogens with one attached hydrogen (secondary N) is 1. The Balaban J connectivity index is 1.77. The molecule has 1 aliphatic heterocycles. The van der Waals surface area contributed by atoms with E-state index in [0.717, 1.165) is 11.7 Å². The van der Waals surface area contributed by atoms with Crippen LogP contribution in [-0.4, -0.2) is 19.2 Å². The van der Waals surface area contributed by atoms with Gasteiger partial charge in [-0.1, -0.05) is 31.6 Å². The van der Waals surface area contributed by atoms with E-state index in [-0.39, 0.29) is 0 Å². The smallest absolute Gasteiger partial charge is 0.120 e. The summed E-state index contributed by atoms with van der Waals surface area (Å²) in [4.78, 5) is 0. The zero-order valence-corrected chi connectivity index (χ0v) is 12.7. The Labute approximate surface area is 127 Å². The van der Waals surface area contributed by atoms with E-state index < -0.39 is 0 Å². The monoisotopic (exact) mass is 283 g/mol. The molecule has 2 fully saturated rings. The van der Waals surface area contributed by atoms with E-state index in [9.17, 15) is 0 Å². The molecule has 2 aliphatic carbocycles. The summed E-state index contributed by atoms with van der Waals surface area (Å²) < 4.78 is 5.80. The van der Waals surface area contributed by atoms with Crippen molar-refractivity contribution in [1.82, 2.24) is 5.32 Å². The zero-order chi connectivity index (χ0) is 14.3. The fourth-order valence-corrected chi connectivity index (χ4v) is 5.15. The van der Waals surface area contributed by atoms with Gasteiger partial charge in [0.15, 0.2) is 0 Å². The topological polar surface area (TPSA) is 21.3 Å². The first-order valence-corrected chi connectivity index (χ1v) is 8.44. The minimum atomic E-state index is 0.426. The van der Waals surface area contributed by atoms with Gasteiger partial charge in [-0.3, -0.25) is 0 Å². The van der Waals surface area contributed by atoms with Gasteiger partial charge in [-0.25, -0.2) is 0 Å². The second kappa shape index (κ2) is 5.17. The summed E-state index contributed by atoms with van der Waals surface area (Å²) >= 11 is 0. The third kappa shape index (κ3) is 2.03. The van der Waals surface area contributed by atoms with Crippen LogP contribution in [0.1, 0.15) is 43.2 Å². The molecule has 112 valence electrons. The number of hydrogen-bond donors (Lipinski definition) is 1. The number of hydrogen-bond acceptors (Lipinski definition) is 2. The SMILES string of the molecule is C=CCOc1ccc2c(c1)[C@]13CCCCC1C(C2)NCC3. The predicted molar refractivity (Wildman–Crippen MR) is 85.9 cm³/mol. The van der Waals surface area contributed by atoms with Crippen LogP contribution in [0.15, 0.2) is 30.9 Å². The lowest BCUT2D eigenvalue weighted by Gasteiger charge is -2.56. The van der Waals surface area contributed by atoms with Gasteiger partial charge in [0.2, 0.25) is 0 Å². The molecule has 1 aromatic rings. The molecule has 2 heteroatoms. The number of benzene rings is 1. The van der Waals surface area contributed by atoms with Crippen molar-refractivity contribution in [3.8, 4) is 5.75 Å². The Morgan fingerprint density at radius 1 is 1.33 bits per heavy atom. The van der Waals surface area contributed by atoms with Crippen molar-refractivity contribution in [3.05, 3.63) is 42.0 Å². The van der Waals surface area contributed by atoms with Crippen molar-refractivity contribution in [1.29, 1.82) is 0 Å². The molecule has 2 bridgehead atoms. The van der Waals surface area contributed by atoms with Crippen LogP contribution in [0.25, 0.3) is 0 Å². The molecule has 3 aliphatic rings. The maximum atomic E-state index is 5.80. The quantitative estimate of drug-likeness (QED) is 0.856. The van der Waals surface area contributed by atoms with E-state index in [1.54, 1.807) is 11.1 Å². The predicted octanol–water partition coefficient (Wildman–Crippen LogP) is 3.60. The van der Waals surface area contributed by atoms with Gasteiger partial charge in [-0.2, -0.15) is 0 Å². The van der Waals surface area contributed by atoms with Crippen molar-refractivity contribution in [3.63, 3.8) is 0 Å². The van der Waals surface area contributed by atoms with Crippen LogP contribution in [0, 0.1) is 5.92 Å². The molecule has 2 nitrogen and oxygen atoms in total. The lowest BCUT2D eigenvalue weighted by molar-refractivity contribution is 0.0795. The van der Waals surface area contributed by atoms with E-state index in [1.807, 2.05) is 6.08 Å². The number of rotatable bonds is 3. The molecule has 2 unspecified atom stereocenters. The standard InChI is InChI=1S/C19H25NO/c1-2-11-21-15-7-6-14-12-18-16-5-3-4-8-19(16,9-10-20-18)17(14)13-15/h2,6-7,13,16,18,20H,1,3-5,8-12H2/t16?,18?,19-/m0/s1. The molecule has 0 aromatic heterocycles. The number of ether oxygens (including phenoxy) is 1. The van der Waals surface area contributed by atoms with Gasteiger partial charge in [0.05, 0.1) is 0 Å². The van der Waals surface area contributed by atoms with Crippen LogP contribution in [0.5, 0.6) is 5.75 Å². The normalized spacial score (nSPS) is 33.7. The molecule has 1 heterocycles. The van der Waals surface area contributed by atoms with E-state index in [4.69, 9.17) is 4.74 Å². The van der Waals surface area contributed by atoms with Gasteiger partial charge in [0, 0.05) is 11.5 Å². The van der Waals surface area contributed by atoms with Crippen molar-refractivity contribution >= 4 is 0 Å². The van der Waals surface area contributed by atoms with Crippen molar-refractivity contribution in [2.45, 2.75) is 50.0 Å². The lowest BCUT2D eigenvalue weighted by Crippen LogP contribution is -2.59. The fraction of sp³-hybridized carbons (Fsp3) is 0.579. The molecular weight excluding hydrogens is 258 g/mol. The minimum absolute atomic E-state index is 0.426. The minimum Gasteiger partial charge on any atom is -0.490 e. The molecule has 1 saturated carbocycles. The Hall–Kier alpha value is -1.28. The van der Waals surface area contributed by atoms with E-state index in [2.05, 4.69) is 30.1 Å². The third-order valence-corrected chi connectivity index (χ3v) is 5.99. The maximum Gasteiger partial charge on any atom is 0.120 e. The summed E-state index contributed by atoms with van der Waals surface area (Å²) in [5.74, 6) is 1.85. The van der Waals surface area contributed by atoms with Crippen LogP contribution in [0.3, 0.4) is 0 Å². The highest BCUT2D eigenvalue weighted by Crippen LogP contribution is 2.54. The Kier molecular flexibility index (Phi) is 3.30. The second-order valence-corrected chi connectivity index (χ2v) is 6.94.